The Labute approximate surface area is 143 Å². The second kappa shape index (κ2) is 8.33. The van der Waals surface area contributed by atoms with Gasteiger partial charge in [-0.3, -0.25) is 9.59 Å². The number of hydrogen-bond acceptors (Lipinski definition) is 3. The van der Waals surface area contributed by atoms with Gasteiger partial charge in [-0.05, 0) is 42.0 Å². The summed E-state index contributed by atoms with van der Waals surface area (Å²) in [4.78, 5) is 23.6. The van der Waals surface area contributed by atoms with Crippen molar-refractivity contribution >= 4 is 33.4 Å². The Morgan fingerprint density at radius 2 is 1.65 bits per heavy atom. The maximum atomic E-state index is 11.8. The maximum absolute atomic E-state index is 11.8. The van der Waals surface area contributed by atoms with E-state index in [1.807, 2.05) is 24.3 Å². The molecule has 0 fully saturated rings. The number of hydrogen-bond donors (Lipinski definition) is 2. The summed E-state index contributed by atoms with van der Waals surface area (Å²) < 4.78 is 6.00. The minimum atomic E-state index is -0.278. The number of anilines is 1. The quantitative estimate of drug-likeness (QED) is 0.814. The molecule has 0 aromatic heterocycles. The summed E-state index contributed by atoms with van der Waals surface area (Å²) in [5.41, 5.74) is 1.54. The SMILES string of the molecule is COc1ccc(NC(=O)CNC(=O)Cc2ccc(Br)cc2)cc1. The number of benzene rings is 2. The largest absolute Gasteiger partial charge is 0.497 e. The second-order valence-electron chi connectivity index (χ2n) is 4.86. The Kier molecular flexibility index (Phi) is 6.17. The van der Waals surface area contributed by atoms with Gasteiger partial charge in [-0.2, -0.15) is 0 Å². The Morgan fingerprint density at radius 1 is 1.00 bits per heavy atom. The number of rotatable bonds is 6. The van der Waals surface area contributed by atoms with Crippen LogP contribution in [-0.4, -0.2) is 25.5 Å². The average molecular weight is 377 g/mol. The zero-order valence-electron chi connectivity index (χ0n) is 12.6. The summed E-state index contributed by atoms with van der Waals surface area (Å²) in [6.07, 6.45) is 0.239. The lowest BCUT2D eigenvalue weighted by molar-refractivity contribution is -0.123. The topological polar surface area (TPSA) is 67.4 Å². The van der Waals surface area contributed by atoms with Crippen molar-refractivity contribution in [3.63, 3.8) is 0 Å². The van der Waals surface area contributed by atoms with Gasteiger partial charge in [0.25, 0.3) is 0 Å². The van der Waals surface area contributed by atoms with E-state index in [2.05, 4.69) is 26.6 Å². The molecule has 0 heterocycles. The van der Waals surface area contributed by atoms with Crippen molar-refractivity contribution in [2.45, 2.75) is 6.42 Å². The highest BCUT2D eigenvalue weighted by Crippen LogP contribution is 2.14. The van der Waals surface area contributed by atoms with Crippen LogP contribution in [0, 0.1) is 0 Å². The Hall–Kier alpha value is -2.34. The van der Waals surface area contributed by atoms with Crippen molar-refractivity contribution in [2.24, 2.45) is 0 Å². The summed E-state index contributed by atoms with van der Waals surface area (Å²) in [7, 11) is 1.58. The molecule has 2 aromatic carbocycles. The molecule has 2 rings (SSSR count). The van der Waals surface area contributed by atoms with Gasteiger partial charge < -0.3 is 15.4 Å². The van der Waals surface area contributed by atoms with Crippen LogP contribution in [0.25, 0.3) is 0 Å². The number of carbonyl (C=O) groups is 2. The summed E-state index contributed by atoms with van der Waals surface area (Å²) >= 11 is 3.34. The van der Waals surface area contributed by atoms with Crippen LogP contribution in [0.3, 0.4) is 0 Å². The van der Waals surface area contributed by atoms with Crippen molar-refractivity contribution < 1.29 is 14.3 Å². The lowest BCUT2D eigenvalue weighted by Gasteiger charge is -2.08. The zero-order valence-corrected chi connectivity index (χ0v) is 14.2. The highest BCUT2D eigenvalue weighted by atomic mass is 79.9. The van der Waals surface area contributed by atoms with E-state index in [0.717, 1.165) is 10.0 Å². The third-order valence-corrected chi connectivity index (χ3v) is 3.63. The Bertz CT molecular complexity index is 669. The molecule has 2 N–H and O–H groups in total. The monoisotopic (exact) mass is 376 g/mol. The van der Waals surface area contributed by atoms with E-state index in [4.69, 9.17) is 4.74 Å². The molecular weight excluding hydrogens is 360 g/mol. The molecule has 2 amide bonds. The van der Waals surface area contributed by atoms with Crippen LogP contribution in [0.5, 0.6) is 5.75 Å². The fraction of sp³-hybridized carbons (Fsp3) is 0.176. The van der Waals surface area contributed by atoms with Crippen LogP contribution in [0.15, 0.2) is 53.0 Å². The van der Waals surface area contributed by atoms with Crippen molar-refractivity contribution in [3.05, 3.63) is 58.6 Å². The van der Waals surface area contributed by atoms with E-state index in [9.17, 15) is 9.59 Å². The van der Waals surface area contributed by atoms with Crippen molar-refractivity contribution in [1.82, 2.24) is 5.32 Å². The molecule has 120 valence electrons. The highest BCUT2D eigenvalue weighted by molar-refractivity contribution is 9.10. The summed E-state index contributed by atoms with van der Waals surface area (Å²) in [6, 6.07) is 14.4. The fourth-order valence-corrected chi connectivity index (χ4v) is 2.17. The van der Waals surface area contributed by atoms with Crippen LogP contribution in [0.4, 0.5) is 5.69 Å². The second-order valence-corrected chi connectivity index (χ2v) is 5.77. The van der Waals surface area contributed by atoms with Crippen molar-refractivity contribution in [2.75, 3.05) is 19.0 Å². The molecule has 0 unspecified atom stereocenters. The number of halogens is 1. The molecular formula is C17H17BrN2O3. The molecule has 0 aliphatic carbocycles. The van der Waals surface area contributed by atoms with Gasteiger partial charge in [-0.15, -0.1) is 0 Å². The number of ether oxygens (including phenoxy) is 1. The fourth-order valence-electron chi connectivity index (χ4n) is 1.91. The van der Waals surface area contributed by atoms with E-state index >= 15 is 0 Å². The highest BCUT2D eigenvalue weighted by Gasteiger charge is 2.07. The smallest absolute Gasteiger partial charge is 0.243 e. The predicted molar refractivity (Wildman–Crippen MR) is 92.5 cm³/mol. The van der Waals surface area contributed by atoms with Crippen LogP contribution in [-0.2, 0) is 16.0 Å². The first-order valence-corrected chi connectivity index (χ1v) is 7.81. The van der Waals surface area contributed by atoms with E-state index in [-0.39, 0.29) is 24.8 Å². The molecule has 0 aliphatic rings. The normalized spacial score (nSPS) is 10.0. The van der Waals surface area contributed by atoms with Gasteiger partial charge in [0.05, 0.1) is 20.1 Å². The van der Waals surface area contributed by atoms with Crippen LogP contribution < -0.4 is 15.4 Å². The van der Waals surface area contributed by atoms with Gasteiger partial charge in [0.2, 0.25) is 11.8 Å². The van der Waals surface area contributed by atoms with Gasteiger partial charge in [0.15, 0.2) is 0 Å². The summed E-state index contributed by atoms with van der Waals surface area (Å²) in [5, 5.41) is 5.31. The number of methoxy groups -OCH3 is 1. The molecule has 0 aliphatic heterocycles. The van der Waals surface area contributed by atoms with E-state index in [1.165, 1.54) is 0 Å². The number of amides is 2. The molecule has 0 saturated carbocycles. The minimum absolute atomic E-state index is 0.0681. The first-order valence-electron chi connectivity index (χ1n) is 7.02. The molecule has 0 spiro atoms. The van der Waals surface area contributed by atoms with Gasteiger partial charge in [0.1, 0.15) is 5.75 Å². The Balaban J connectivity index is 1.76. The lowest BCUT2D eigenvalue weighted by atomic mass is 10.1. The molecule has 6 heteroatoms. The summed E-state index contributed by atoms with van der Waals surface area (Å²) in [5.74, 6) is 0.238. The van der Waals surface area contributed by atoms with Crippen molar-refractivity contribution in [1.29, 1.82) is 0 Å². The molecule has 0 radical (unpaired) electrons. The first kappa shape index (κ1) is 17.0. The molecule has 23 heavy (non-hydrogen) atoms. The maximum Gasteiger partial charge on any atom is 0.243 e. The van der Waals surface area contributed by atoms with Crippen LogP contribution in [0.1, 0.15) is 5.56 Å². The molecule has 0 saturated heterocycles. The van der Waals surface area contributed by atoms with Crippen LogP contribution >= 0.6 is 15.9 Å². The van der Waals surface area contributed by atoms with Crippen molar-refractivity contribution in [3.8, 4) is 5.75 Å². The van der Waals surface area contributed by atoms with E-state index < -0.39 is 0 Å². The number of nitrogens with one attached hydrogen (secondary N) is 2. The third kappa shape index (κ3) is 5.75. The third-order valence-electron chi connectivity index (χ3n) is 3.10. The first-order chi connectivity index (χ1) is 11.1. The van der Waals surface area contributed by atoms with Gasteiger partial charge in [0, 0.05) is 10.2 Å². The van der Waals surface area contributed by atoms with Crippen LogP contribution in [0.2, 0.25) is 0 Å². The van der Waals surface area contributed by atoms with Gasteiger partial charge >= 0.3 is 0 Å². The zero-order chi connectivity index (χ0) is 16.7. The molecule has 5 nitrogen and oxygen atoms in total. The molecule has 0 bridgehead atoms. The average Bonchev–Trinajstić information content (AvgIpc) is 2.56. The van der Waals surface area contributed by atoms with E-state index in [1.54, 1.807) is 31.4 Å². The standard InChI is InChI=1S/C17H17BrN2O3/c1-23-15-8-6-14(7-9-15)20-17(22)11-19-16(21)10-12-2-4-13(18)5-3-12/h2-9H,10-11H2,1H3,(H,19,21)(H,20,22). The minimum Gasteiger partial charge on any atom is -0.497 e. The van der Waals surface area contributed by atoms with E-state index in [0.29, 0.717) is 11.4 Å². The molecule has 2 aromatic rings. The summed E-state index contributed by atoms with van der Waals surface area (Å²) in [6.45, 7) is -0.0681. The number of carbonyl (C=O) groups excluding carboxylic acids is 2. The van der Waals surface area contributed by atoms with Gasteiger partial charge in [-0.25, -0.2) is 0 Å². The lowest BCUT2D eigenvalue weighted by Crippen LogP contribution is -2.33. The predicted octanol–water partition coefficient (Wildman–Crippen LogP) is 2.76. The molecule has 0 atom stereocenters. The van der Waals surface area contributed by atoms with Gasteiger partial charge in [-0.1, -0.05) is 28.1 Å². The Morgan fingerprint density at radius 3 is 2.26 bits per heavy atom.